The van der Waals surface area contributed by atoms with Crippen molar-refractivity contribution in [3.05, 3.63) is 29.8 Å². The monoisotopic (exact) mass is 371 g/mol. The van der Waals surface area contributed by atoms with Crippen LogP contribution in [0.4, 0.5) is 5.69 Å². The molecule has 4 nitrogen and oxygen atoms in total. The van der Waals surface area contributed by atoms with Crippen LogP contribution in [0.25, 0.3) is 0 Å². The number of rotatable bonds is 3. The topological polar surface area (TPSA) is 30.0 Å². The zero-order valence-corrected chi connectivity index (χ0v) is 17.0. The highest BCUT2D eigenvalue weighted by atomic mass is 16.3. The van der Waals surface area contributed by atoms with Crippen LogP contribution >= 0.6 is 0 Å². The maximum atomic E-state index is 10.9. The molecule has 3 aliphatic heterocycles. The fourth-order valence-electron chi connectivity index (χ4n) is 5.44. The zero-order chi connectivity index (χ0) is 18.6. The van der Waals surface area contributed by atoms with Crippen molar-refractivity contribution in [2.75, 3.05) is 44.2 Å². The highest BCUT2D eigenvalue weighted by Gasteiger charge is 2.35. The molecule has 3 heterocycles. The van der Waals surface area contributed by atoms with Gasteiger partial charge in [0.2, 0.25) is 0 Å². The lowest BCUT2D eigenvalue weighted by atomic mass is 9.95. The molecule has 4 rings (SSSR count). The Hall–Kier alpha value is -1.10. The van der Waals surface area contributed by atoms with E-state index in [0.29, 0.717) is 12.1 Å². The van der Waals surface area contributed by atoms with E-state index in [1.807, 2.05) is 0 Å². The number of hydrogen-bond donors (Lipinski definition) is 1. The van der Waals surface area contributed by atoms with Crippen molar-refractivity contribution < 1.29 is 5.11 Å². The predicted octanol–water partition coefficient (Wildman–Crippen LogP) is 3.28. The summed E-state index contributed by atoms with van der Waals surface area (Å²) >= 11 is 0. The lowest BCUT2D eigenvalue weighted by Gasteiger charge is -2.46. The molecule has 1 N–H and O–H groups in total. The van der Waals surface area contributed by atoms with Gasteiger partial charge in [-0.3, -0.25) is 9.80 Å². The molecular formula is C23H37N3O. The number of benzene rings is 1. The van der Waals surface area contributed by atoms with Gasteiger partial charge in [0.15, 0.2) is 0 Å². The molecule has 0 aromatic heterocycles. The van der Waals surface area contributed by atoms with Crippen LogP contribution in [-0.2, 0) is 0 Å². The van der Waals surface area contributed by atoms with Crippen molar-refractivity contribution in [1.82, 2.24) is 9.80 Å². The van der Waals surface area contributed by atoms with E-state index in [-0.39, 0.29) is 6.10 Å². The molecule has 0 spiro atoms. The first-order chi connectivity index (χ1) is 13.2. The molecule has 0 amide bonds. The minimum absolute atomic E-state index is 0.174. The number of likely N-dealkylation sites (tertiary alicyclic amines) is 2. The Morgan fingerprint density at radius 1 is 0.852 bits per heavy atom. The first-order valence-electron chi connectivity index (χ1n) is 11.2. The third-order valence-corrected chi connectivity index (χ3v) is 7.04. The lowest BCUT2D eigenvalue weighted by Crippen LogP contribution is -2.57. The second kappa shape index (κ2) is 8.93. The molecule has 1 aromatic rings. The van der Waals surface area contributed by atoms with Crippen LogP contribution in [0.1, 0.15) is 50.5 Å². The lowest BCUT2D eigenvalue weighted by molar-refractivity contribution is -0.0279. The maximum Gasteiger partial charge on any atom is 0.0822 e. The number of aliphatic hydroxyl groups excluding tert-OH is 1. The molecule has 0 saturated carbocycles. The molecule has 3 aliphatic rings. The highest BCUT2D eigenvalue weighted by molar-refractivity contribution is 5.48. The summed E-state index contributed by atoms with van der Waals surface area (Å²) in [5, 5.41) is 10.9. The van der Waals surface area contributed by atoms with Crippen molar-refractivity contribution in [2.24, 2.45) is 0 Å². The molecule has 27 heavy (non-hydrogen) atoms. The van der Waals surface area contributed by atoms with E-state index in [2.05, 4.69) is 45.9 Å². The Morgan fingerprint density at radius 3 is 2.26 bits per heavy atom. The van der Waals surface area contributed by atoms with Crippen molar-refractivity contribution in [3.63, 3.8) is 0 Å². The normalized spacial score (nSPS) is 29.6. The molecule has 3 fully saturated rings. The molecule has 0 aliphatic carbocycles. The molecule has 150 valence electrons. The first kappa shape index (κ1) is 19.2. The van der Waals surface area contributed by atoms with Gasteiger partial charge in [0, 0.05) is 44.0 Å². The number of aliphatic hydroxyl groups is 1. The standard InChI is InChI=1S/C23H37N3O/c1-19-7-6-8-21(17-19)24-14-9-20(10-15-24)26-16-11-22(23(27)18-26)25-12-4-2-3-5-13-25/h6-8,17,20,22-23,27H,2-5,9-16,18H2,1H3/t22-,23-/m1/s1. The van der Waals surface area contributed by atoms with Crippen molar-refractivity contribution in [3.8, 4) is 0 Å². The van der Waals surface area contributed by atoms with E-state index < -0.39 is 0 Å². The zero-order valence-electron chi connectivity index (χ0n) is 17.0. The van der Waals surface area contributed by atoms with E-state index in [0.717, 1.165) is 32.6 Å². The van der Waals surface area contributed by atoms with Crippen LogP contribution in [0.15, 0.2) is 24.3 Å². The second-order valence-electron chi connectivity index (χ2n) is 8.93. The Bertz CT molecular complexity index is 591. The van der Waals surface area contributed by atoms with E-state index in [1.54, 1.807) is 0 Å². The van der Waals surface area contributed by atoms with Gasteiger partial charge in [-0.1, -0.05) is 25.0 Å². The molecule has 3 saturated heterocycles. The van der Waals surface area contributed by atoms with Gasteiger partial charge < -0.3 is 10.0 Å². The van der Waals surface area contributed by atoms with Gasteiger partial charge in [-0.05, 0) is 69.8 Å². The third kappa shape index (κ3) is 4.67. The smallest absolute Gasteiger partial charge is 0.0822 e. The van der Waals surface area contributed by atoms with E-state index in [9.17, 15) is 5.11 Å². The molecule has 4 heteroatoms. The molecule has 0 unspecified atom stereocenters. The largest absolute Gasteiger partial charge is 0.390 e. The van der Waals surface area contributed by atoms with Gasteiger partial charge in [-0.25, -0.2) is 0 Å². The van der Waals surface area contributed by atoms with Gasteiger partial charge in [0.1, 0.15) is 0 Å². The van der Waals surface area contributed by atoms with Crippen molar-refractivity contribution >= 4 is 5.69 Å². The van der Waals surface area contributed by atoms with Crippen LogP contribution in [0.5, 0.6) is 0 Å². The highest BCUT2D eigenvalue weighted by Crippen LogP contribution is 2.27. The Kier molecular flexibility index (Phi) is 6.36. The quantitative estimate of drug-likeness (QED) is 0.883. The van der Waals surface area contributed by atoms with E-state index in [1.165, 1.54) is 62.9 Å². The molecular weight excluding hydrogens is 334 g/mol. The minimum atomic E-state index is -0.174. The number of aryl methyl sites for hydroxylation is 1. The van der Waals surface area contributed by atoms with Gasteiger partial charge in [0.05, 0.1) is 6.10 Å². The van der Waals surface area contributed by atoms with Gasteiger partial charge >= 0.3 is 0 Å². The average molecular weight is 372 g/mol. The molecule has 0 bridgehead atoms. The fourth-order valence-corrected chi connectivity index (χ4v) is 5.44. The number of hydrogen-bond acceptors (Lipinski definition) is 4. The number of anilines is 1. The van der Waals surface area contributed by atoms with Crippen LogP contribution in [0, 0.1) is 6.92 Å². The van der Waals surface area contributed by atoms with Gasteiger partial charge in [-0.15, -0.1) is 0 Å². The molecule has 1 aromatic carbocycles. The number of nitrogens with zero attached hydrogens (tertiary/aromatic N) is 3. The van der Waals surface area contributed by atoms with Crippen LogP contribution in [0.3, 0.4) is 0 Å². The summed E-state index contributed by atoms with van der Waals surface area (Å²) in [6, 6.07) is 9.92. The van der Waals surface area contributed by atoms with Crippen LogP contribution < -0.4 is 4.90 Å². The number of β-amino-alcohol motifs (C(OH)–C–C–N with tert-alkyl or cyclic N) is 1. The maximum absolute atomic E-state index is 10.9. The summed E-state index contributed by atoms with van der Waals surface area (Å²) in [6.07, 6.45) is 8.75. The summed E-state index contributed by atoms with van der Waals surface area (Å²) in [5.41, 5.74) is 2.71. The summed E-state index contributed by atoms with van der Waals surface area (Å²) in [4.78, 5) is 7.71. The molecule has 2 atom stereocenters. The van der Waals surface area contributed by atoms with Crippen molar-refractivity contribution in [1.29, 1.82) is 0 Å². The van der Waals surface area contributed by atoms with Crippen molar-refractivity contribution in [2.45, 2.75) is 70.1 Å². The third-order valence-electron chi connectivity index (χ3n) is 7.04. The average Bonchev–Trinajstić information content (AvgIpc) is 2.97. The molecule has 0 radical (unpaired) electrons. The number of piperidine rings is 2. The summed E-state index contributed by atoms with van der Waals surface area (Å²) < 4.78 is 0. The Labute approximate surface area is 165 Å². The van der Waals surface area contributed by atoms with Gasteiger partial charge in [0.25, 0.3) is 0 Å². The van der Waals surface area contributed by atoms with E-state index >= 15 is 0 Å². The Morgan fingerprint density at radius 2 is 1.59 bits per heavy atom. The van der Waals surface area contributed by atoms with Crippen LogP contribution in [-0.4, -0.2) is 72.4 Å². The SMILES string of the molecule is Cc1cccc(N2CCC(N3CC[C@@H](N4CCCCCC4)[C@H](O)C3)CC2)c1. The minimum Gasteiger partial charge on any atom is -0.390 e. The fraction of sp³-hybridized carbons (Fsp3) is 0.739. The van der Waals surface area contributed by atoms with Gasteiger partial charge in [-0.2, -0.15) is 0 Å². The predicted molar refractivity (Wildman–Crippen MR) is 112 cm³/mol. The summed E-state index contributed by atoms with van der Waals surface area (Å²) in [6.45, 7) is 8.86. The Balaban J connectivity index is 1.28. The first-order valence-corrected chi connectivity index (χ1v) is 11.2. The summed E-state index contributed by atoms with van der Waals surface area (Å²) in [7, 11) is 0. The van der Waals surface area contributed by atoms with E-state index in [4.69, 9.17) is 0 Å². The summed E-state index contributed by atoms with van der Waals surface area (Å²) in [5.74, 6) is 0. The van der Waals surface area contributed by atoms with Crippen LogP contribution in [0.2, 0.25) is 0 Å². The second-order valence-corrected chi connectivity index (χ2v) is 8.93.